The lowest BCUT2D eigenvalue weighted by Gasteiger charge is -2.30. The zero-order valence-electron chi connectivity index (χ0n) is 15.3. The van der Waals surface area contributed by atoms with Crippen LogP contribution in [0.5, 0.6) is 0 Å². The fourth-order valence-corrected chi connectivity index (χ4v) is 2.69. The van der Waals surface area contributed by atoms with E-state index in [1.165, 1.54) is 45.3 Å². The Bertz CT molecular complexity index is 294. The van der Waals surface area contributed by atoms with Crippen LogP contribution in [-0.4, -0.2) is 63.8 Å². The summed E-state index contributed by atoms with van der Waals surface area (Å²) in [7, 11) is 1.73. The van der Waals surface area contributed by atoms with Crippen molar-refractivity contribution >= 4 is 29.9 Å². The monoisotopic (exact) mass is 440 g/mol. The number of likely N-dealkylation sites (tertiary alicyclic amines) is 1. The summed E-state index contributed by atoms with van der Waals surface area (Å²) in [5, 5.41) is 6.71. The molecule has 0 aromatic rings. The second kappa shape index (κ2) is 15.4. The van der Waals surface area contributed by atoms with Crippen molar-refractivity contribution in [3.63, 3.8) is 0 Å². The molecule has 0 aliphatic carbocycles. The number of halogens is 1. The van der Waals surface area contributed by atoms with Crippen molar-refractivity contribution in [3.05, 3.63) is 0 Å². The smallest absolute Gasteiger partial charge is 0.191 e. The maximum atomic E-state index is 5.05. The first-order valence-electron chi connectivity index (χ1n) is 8.99. The number of aliphatic imine (C=N–C) groups is 1. The molecular weight excluding hydrogens is 403 g/mol. The molecule has 0 aromatic carbocycles. The van der Waals surface area contributed by atoms with Crippen LogP contribution in [-0.2, 0) is 4.74 Å². The largest absolute Gasteiger partial charge is 0.385 e. The van der Waals surface area contributed by atoms with E-state index >= 15 is 0 Å². The molecule has 0 bridgehead atoms. The Morgan fingerprint density at radius 3 is 2.57 bits per heavy atom. The normalized spacial score (nSPS) is 16.9. The van der Waals surface area contributed by atoms with Crippen LogP contribution in [0.25, 0.3) is 0 Å². The molecule has 1 fully saturated rings. The quantitative estimate of drug-likeness (QED) is 0.237. The number of nitrogens with zero attached hydrogens (tertiary/aromatic N) is 2. The SMILES string of the molecule is CCNC(=NCCCOC)NCCCCN1CCC(C)CC1.I. The van der Waals surface area contributed by atoms with Gasteiger partial charge >= 0.3 is 0 Å². The van der Waals surface area contributed by atoms with E-state index in [2.05, 4.69) is 34.4 Å². The van der Waals surface area contributed by atoms with Gasteiger partial charge in [0.05, 0.1) is 0 Å². The number of rotatable bonds is 10. The number of piperidine rings is 1. The lowest BCUT2D eigenvalue weighted by molar-refractivity contribution is 0.189. The minimum Gasteiger partial charge on any atom is -0.385 e. The molecule has 0 radical (unpaired) electrons. The van der Waals surface area contributed by atoms with Crippen LogP contribution in [0.1, 0.15) is 46.0 Å². The average molecular weight is 440 g/mol. The van der Waals surface area contributed by atoms with Crippen LogP contribution in [0, 0.1) is 5.92 Å². The van der Waals surface area contributed by atoms with E-state index in [1.807, 2.05) is 0 Å². The molecule has 1 rings (SSSR count). The number of hydrogen-bond donors (Lipinski definition) is 2. The zero-order chi connectivity index (χ0) is 16.0. The highest BCUT2D eigenvalue weighted by molar-refractivity contribution is 14.0. The van der Waals surface area contributed by atoms with Crippen LogP contribution in [0.2, 0.25) is 0 Å². The van der Waals surface area contributed by atoms with Gasteiger partial charge in [0.2, 0.25) is 0 Å². The van der Waals surface area contributed by atoms with Crippen molar-refractivity contribution in [2.75, 3.05) is 53.0 Å². The lowest BCUT2D eigenvalue weighted by Crippen LogP contribution is -2.38. The molecule has 0 saturated carbocycles. The number of nitrogens with one attached hydrogen (secondary N) is 2. The Balaban J connectivity index is 0.00000484. The van der Waals surface area contributed by atoms with Gasteiger partial charge in [0.25, 0.3) is 0 Å². The van der Waals surface area contributed by atoms with Crippen LogP contribution in [0.15, 0.2) is 4.99 Å². The molecule has 1 aliphatic heterocycles. The summed E-state index contributed by atoms with van der Waals surface area (Å²) in [6, 6.07) is 0. The predicted molar refractivity (Wildman–Crippen MR) is 110 cm³/mol. The third-order valence-corrected chi connectivity index (χ3v) is 4.19. The Labute approximate surface area is 160 Å². The maximum Gasteiger partial charge on any atom is 0.191 e. The molecule has 0 amide bonds. The van der Waals surface area contributed by atoms with Crippen LogP contribution >= 0.6 is 24.0 Å². The van der Waals surface area contributed by atoms with E-state index < -0.39 is 0 Å². The summed E-state index contributed by atoms with van der Waals surface area (Å²) in [6.45, 7) is 11.8. The molecule has 5 nitrogen and oxygen atoms in total. The molecular formula is C17H37IN4O. The van der Waals surface area contributed by atoms with Crippen molar-refractivity contribution in [2.24, 2.45) is 10.9 Å². The van der Waals surface area contributed by atoms with E-state index in [0.717, 1.165) is 44.5 Å². The van der Waals surface area contributed by atoms with E-state index in [-0.39, 0.29) is 24.0 Å². The van der Waals surface area contributed by atoms with Crippen LogP contribution < -0.4 is 10.6 Å². The Hall–Kier alpha value is -0.0800. The summed E-state index contributed by atoms with van der Waals surface area (Å²) in [4.78, 5) is 7.17. The standard InChI is InChI=1S/C17H36N4O.HI/c1-4-18-17(20-11-7-15-22-3)19-10-5-6-12-21-13-8-16(2)9-14-21;/h16H,4-15H2,1-3H3,(H2,18,19,20);1H. The summed E-state index contributed by atoms with van der Waals surface area (Å²) >= 11 is 0. The fourth-order valence-electron chi connectivity index (χ4n) is 2.69. The van der Waals surface area contributed by atoms with Gasteiger partial charge in [-0.2, -0.15) is 0 Å². The topological polar surface area (TPSA) is 48.9 Å². The van der Waals surface area contributed by atoms with Crippen molar-refractivity contribution in [1.82, 2.24) is 15.5 Å². The minimum absolute atomic E-state index is 0. The lowest BCUT2D eigenvalue weighted by atomic mass is 9.99. The maximum absolute atomic E-state index is 5.05. The molecule has 1 heterocycles. The van der Waals surface area contributed by atoms with Gasteiger partial charge in [-0.15, -0.1) is 24.0 Å². The molecule has 1 saturated heterocycles. The third-order valence-electron chi connectivity index (χ3n) is 4.19. The highest BCUT2D eigenvalue weighted by Crippen LogP contribution is 2.15. The van der Waals surface area contributed by atoms with Gasteiger partial charge < -0.3 is 20.3 Å². The number of hydrogen-bond acceptors (Lipinski definition) is 3. The average Bonchev–Trinajstić information content (AvgIpc) is 2.53. The van der Waals surface area contributed by atoms with Gasteiger partial charge in [-0.1, -0.05) is 6.92 Å². The molecule has 1 aliphatic rings. The first-order chi connectivity index (χ1) is 10.8. The van der Waals surface area contributed by atoms with E-state index in [0.29, 0.717) is 0 Å². The van der Waals surface area contributed by atoms with E-state index in [9.17, 15) is 0 Å². The first kappa shape index (κ1) is 22.9. The van der Waals surface area contributed by atoms with Gasteiger partial charge in [0, 0.05) is 33.4 Å². The Morgan fingerprint density at radius 1 is 1.17 bits per heavy atom. The zero-order valence-corrected chi connectivity index (χ0v) is 17.6. The van der Waals surface area contributed by atoms with Crippen molar-refractivity contribution in [3.8, 4) is 0 Å². The molecule has 6 heteroatoms. The number of unbranched alkanes of at least 4 members (excludes halogenated alkanes) is 1. The molecule has 0 atom stereocenters. The molecule has 2 N–H and O–H groups in total. The summed E-state index contributed by atoms with van der Waals surface area (Å²) in [5.41, 5.74) is 0. The van der Waals surface area contributed by atoms with Crippen molar-refractivity contribution < 1.29 is 4.74 Å². The third kappa shape index (κ3) is 12.0. The second-order valence-corrected chi connectivity index (χ2v) is 6.27. The molecule has 0 unspecified atom stereocenters. The van der Waals surface area contributed by atoms with Gasteiger partial charge in [0.1, 0.15) is 0 Å². The number of ether oxygens (including phenoxy) is 1. The molecule has 138 valence electrons. The van der Waals surface area contributed by atoms with Gasteiger partial charge in [-0.05, 0) is 64.6 Å². The Kier molecular flexibility index (Phi) is 15.4. The van der Waals surface area contributed by atoms with E-state index in [4.69, 9.17) is 4.74 Å². The van der Waals surface area contributed by atoms with Gasteiger partial charge in [-0.3, -0.25) is 4.99 Å². The number of guanidine groups is 1. The van der Waals surface area contributed by atoms with E-state index in [1.54, 1.807) is 7.11 Å². The fraction of sp³-hybridized carbons (Fsp3) is 0.941. The molecule has 0 spiro atoms. The molecule has 23 heavy (non-hydrogen) atoms. The van der Waals surface area contributed by atoms with Gasteiger partial charge in [-0.25, -0.2) is 0 Å². The summed E-state index contributed by atoms with van der Waals surface area (Å²) in [5.74, 6) is 1.86. The first-order valence-corrected chi connectivity index (χ1v) is 8.99. The van der Waals surface area contributed by atoms with Crippen molar-refractivity contribution in [2.45, 2.75) is 46.0 Å². The van der Waals surface area contributed by atoms with Crippen molar-refractivity contribution in [1.29, 1.82) is 0 Å². The highest BCUT2D eigenvalue weighted by Gasteiger charge is 2.14. The summed E-state index contributed by atoms with van der Waals surface area (Å²) < 4.78 is 5.05. The second-order valence-electron chi connectivity index (χ2n) is 6.27. The van der Waals surface area contributed by atoms with Gasteiger partial charge in [0.15, 0.2) is 5.96 Å². The number of methoxy groups -OCH3 is 1. The predicted octanol–water partition coefficient (Wildman–Crippen LogP) is 2.71. The molecule has 0 aromatic heterocycles. The Morgan fingerprint density at radius 2 is 1.91 bits per heavy atom. The van der Waals surface area contributed by atoms with Crippen LogP contribution in [0.3, 0.4) is 0 Å². The summed E-state index contributed by atoms with van der Waals surface area (Å²) in [6.07, 6.45) is 6.19. The minimum atomic E-state index is 0. The highest BCUT2D eigenvalue weighted by atomic mass is 127. The van der Waals surface area contributed by atoms with Crippen LogP contribution in [0.4, 0.5) is 0 Å².